The van der Waals surface area contributed by atoms with E-state index in [9.17, 15) is 0 Å². The lowest BCUT2D eigenvalue weighted by molar-refractivity contribution is -0.686. The topological polar surface area (TPSA) is 8.81 Å². The second-order valence-electron chi connectivity index (χ2n) is 8.97. The molecule has 0 atom stereocenters. The molecule has 0 spiro atoms. The minimum atomic E-state index is 1.14. The zero-order valence-corrected chi connectivity index (χ0v) is 20.0. The number of aromatic nitrogens is 2. The Hall–Kier alpha value is -1.57. The first-order valence-electron chi connectivity index (χ1n) is 13.0. The summed E-state index contributed by atoms with van der Waals surface area (Å²) in [5.74, 6) is 1.39. The Morgan fingerprint density at radius 3 is 1.77 bits per heavy atom. The number of nitrogens with zero attached hydrogens (tertiary/aromatic N) is 2. The van der Waals surface area contributed by atoms with E-state index in [-0.39, 0.29) is 0 Å². The maximum absolute atomic E-state index is 2.49. The second kappa shape index (κ2) is 16.2. The van der Waals surface area contributed by atoms with Crippen molar-refractivity contribution >= 4 is 0 Å². The molecule has 2 rings (SSSR count). The van der Waals surface area contributed by atoms with Gasteiger partial charge in [-0.1, -0.05) is 103 Å². The summed E-state index contributed by atoms with van der Waals surface area (Å²) < 4.78 is 4.98. The van der Waals surface area contributed by atoms with Crippen LogP contribution in [0.5, 0.6) is 0 Å². The zero-order chi connectivity index (χ0) is 21.3. The lowest BCUT2D eigenvalue weighted by Gasteiger charge is -2.06. The van der Waals surface area contributed by atoms with Crippen LogP contribution >= 0.6 is 0 Å². The van der Waals surface area contributed by atoms with Crippen molar-refractivity contribution in [2.45, 2.75) is 123 Å². The van der Waals surface area contributed by atoms with Crippen molar-refractivity contribution in [1.29, 1.82) is 0 Å². The minimum absolute atomic E-state index is 1.14. The smallest absolute Gasteiger partial charge is 0.230 e. The van der Waals surface area contributed by atoms with Gasteiger partial charge in [0, 0.05) is 0 Å². The number of hydrogen-bond donors (Lipinski definition) is 0. The van der Waals surface area contributed by atoms with Crippen LogP contribution < -0.4 is 4.57 Å². The molecule has 0 aliphatic carbocycles. The number of unbranched alkanes of at least 4 members (excludes halogenated alkanes) is 13. The Morgan fingerprint density at radius 2 is 1.17 bits per heavy atom. The average Bonchev–Trinajstić information content (AvgIpc) is 3.18. The van der Waals surface area contributed by atoms with E-state index in [0.29, 0.717) is 0 Å². The van der Waals surface area contributed by atoms with Gasteiger partial charge in [-0.05, 0) is 37.8 Å². The maximum atomic E-state index is 2.49. The molecule has 0 bridgehead atoms. The van der Waals surface area contributed by atoms with Crippen molar-refractivity contribution in [3.8, 4) is 11.4 Å². The highest BCUT2D eigenvalue weighted by Crippen LogP contribution is 2.18. The van der Waals surface area contributed by atoms with E-state index < -0.39 is 0 Å². The average molecular weight is 412 g/mol. The van der Waals surface area contributed by atoms with Crippen LogP contribution in [0, 0.1) is 0 Å². The van der Waals surface area contributed by atoms with E-state index in [2.05, 4.69) is 65.7 Å². The SMILES string of the molecule is CCCCCCCCCCCCn1cc[n+](CCCCCCC)c1-c1ccccc1. The minimum Gasteiger partial charge on any atom is -0.230 e. The molecule has 1 heterocycles. The molecule has 2 nitrogen and oxygen atoms in total. The van der Waals surface area contributed by atoms with E-state index in [0.717, 1.165) is 13.1 Å². The molecule has 30 heavy (non-hydrogen) atoms. The van der Waals surface area contributed by atoms with Gasteiger partial charge < -0.3 is 0 Å². The van der Waals surface area contributed by atoms with Gasteiger partial charge in [0.1, 0.15) is 12.4 Å². The highest BCUT2D eigenvalue weighted by Gasteiger charge is 2.18. The molecule has 168 valence electrons. The molecular formula is C28H47N2+. The summed E-state index contributed by atoms with van der Waals surface area (Å²) in [5.41, 5.74) is 1.35. The fourth-order valence-electron chi connectivity index (χ4n) is 4.40. The summed E-state index contributed by atoms with van der Waals surface area (Å²) in [6.45, 7) is 6.86. The third-order valence-corrected chi connectivity index (χ3v) is 6.26. The van der Waals surface area contributed by atoms with Crippen molar-refractivity contribution in [1.82, 2.24) is 4.57 Å². The summed E-state index contributed by atoms with van der Waals surface area (Å²) in [7, 11) is 0. The van der Waals surface area contributed by atoms with Crippen molar-refractivity contribution in [2.75, 3.05) is 0 Å². The van der Waals surface area contributed by atoms with Gasteiger partial charge >= 0.3 is 0 Å². The van der Waals surface area contributed by atoms with Crippen LogP contribution in [0.3, 0.4) is 0 Å². The summed E-state index contributed by atoms with van der Waals surface area (Å²) >= 11 is 0. The van der Waals surface area contributed by atoms with Gasteiger partial charge in [0.25, 0.3) is 5.82 Å². The number of benzene rings is 1. The van der Waals surface area contributed by atoms with Gasteiger partial charge in [-0.25, -0.2) is 9.13 Å². The fraction of sp³-hybridized carbons (Fsp3) is 0.679. The third-order valence-electron chi connectivity index (χ3n) is 6.26. The van der Waals surface area contributed by atoms with Crippen molar-refractivity contribution in [3.05, 3.63) is 42.7 Å². The Morgan fingerprint density at radius 1 is 0.633 bits per heavy atom. The van der Waals surface area contributed by atoms with Gasteiger partial charge in [-0.15, -0.1) is 0 Å². The lowest BCUT2D eigenvalue weighted by Crippen LogP contribution is -2.34. The molecule has 0 aliphatic rings. The van der Waals surface area contributed by atoms with Crippen LogP contribution in [0.4, 0.5) is 0 Å². The van der Waals surface area contributed by atoms with E-state index in [1.165, 1.54) is 108 Å². The first-order chi connectivity index (χ1) is 14.9. The quantitative estimate of drug-likeness (QED) is 0.172. The van der Waals surface area contributed by atoms with Crippen LogP contribution in [-0.2, 0) is 13.1 Å². The molecule has 1 aromatic carbocycles. The van der Waals surface area contributed by atoms with Crippen molar-refractivity contribution < 1.29 is 4.57 Å². The highest BCUT2D eigenvalue weighted by molar-refractivity contribution is 5.52. The van der Waals surface area contributed by atoms with Crippen LogP contribution in [0.2, 0.25) is 0 Å². The first kappa shape index (κ1) is 24.7. The molecule has 0 N–H and O–H groups in total. The predicted molar refractivity (Wildman–Crippen MR) is 131 cm³/mol. The summed E-state index contributed by atoms with van der Waals surface area (Å²) in [6.07, 6.45) is 25.3. The Labute approximate surface area is 186 Å². The number of aryl methyl sites for hydroxylation is 2. The number of rotatable bonds is 18. The standard InChI is InChI=1S/C28H47N2/c1-3-5-7-9-10-11-12-13-15-20-24-30-26-25-29(23-19-14-8-6-4-2)28(30)27-21-17-16-18-22-27/h16-18,21-22,25-26H,3-15,19-20,23-24H2,1-2H3/q+1. The van der Waals surface area contributed by atoms with Crippen LogP contribution in [0.25, 0.3) is 11.4 Å². The maximum Gasteiger partial charge on any atom is 0.288 e. The summed E-state index contributed by atoms with van der Waals surface area (Å²) in [5, 5.41) is 0. The third kappa shape index (κ3) is 9.49. The zero-order valence-electron chi connectivity index (χ0n) is 20.0. The fourth-order valence-corrected chi connectivity index (χ4v) is 4.40. The molecule has 0 amide bonds. The number of imidazole rings is 1. The Bertz CT molecular complexity index is 644. The van der Waals surface area contributed by atoms with E-state index in [4.69, 9.17) is 0 Å². The monoisotopic (exact) mass is 411 g/mol. The van der Waals surface area contributed by atoms with Crippen molar-refractivity contribution in [2.24, 2.45) is 0 Å². The lowest BCUT2D eigenvalue weighted by atomic mass is 10.1. The normalized spacial score (nSPS) is 11.3. The molecule has 2 aromatic rings. The van der Waals surface area contributed by atoms with Gasteiger partial charge in [0.05, 0.1) is 18.7 Å². The highest BCUT2D eigenvalue weighted by atomic mass is 15.1. The number of hydrogen-bond acceptors (Lipinski definition) is 0. The first-order valence-corrected chi connectivity index (χ1v) is 13.0. The molecule has 0 fully saturated rings. The Balaban J connectivity index is 1.78. The molecule has 0 radical (unpaired) electrons. The van der Waals surface area contributed by atoms with Crippen molar-refractivity contribution in [3.63, 3.8) is 0 Å². The predicted octanol–water partition coefficient (Wildman–Crippen LogP) is 8.33. The van der Waals surface area contributed by atoms with Crippen LogP contribution in [0.1, 0.15) is 110 Å². The van der Waals surface area contributed by atoms with E-state index in [1.807, 2.05) is 0 Å². The molecule has 0 saturated carbocycles. The molecule has 0 unspecified atom stereocenters. The van der Waals surface area contributed by atoms with Crippen LogP contribution in [-0.4, -0.2) is 4.57 Å². The molecule has 2 heteroatoms. The Kier molecular flexibility index (Phi) is 13.3. The van der Waals surface area contributed by atoms with E-state index >= 15 is 0 Å². The van der Waals surface area contributed by atoms with Crippen LogP contribution in [0.15, 0.2) is 42.7 Å². The molecule has 1 aromatic heterocycles. The summed E-state index contributed by atoms with van der Waals surface area (Å²) in [6, 6.07) is 11.0. The van der Waals surface area contributed by atoms with Gasteiger partial charge in [-0.2, -0.15) is 0 Å². The molecule has 0 aliphatic heterocycles. The van der Waals surface area contributed by atoms with Gasteiger partial charge in [0.2, 0.25) is 0 Å². The summed E-state index contributed by atoms with van der Waals surface area (Å²) in [4.78, 5) is 0. The second-order valence-corrected chi connectivity index (χ2v) is 8.97. The molecule has 0 saturated heterocycles. The largest absolute Gasteiger partial charge is 0.288 e. The molecular weight excluding hydrogens is 364 g/mol. The van der Waals surface area contributed by atoms with Gasteiger partial charge in [-0.3, -0.25) is 0 Å². The van der Waals surface area contributed by atoms with E-state index in [1.54, 1.807) is 0 Å². The van der Waals surface area contributed by atoms with Gasteiger partial charge in [0.15, 0.2) is 0 Å².